The number of benzene rings is 1. The van der Waals surface area contributed by atoms with Crippen molar-refractivity contribution in [1.82, 2.24) is 19.4 Å². The molecule has 0 saturated heterocycles. The summed E-state index contributed by atoms with van der Waals surface area (Å²) in [5.41, 5.74) is 12.3. The Morgan fingerprint density at radius 3 is 2.50 bits per heavy atom. The molecule has 9 heteroatoms. The van der Waals surface area contributed by atoms with Crippen LogP contribution < -0.4 is 11.1 Å². The van der Waals surface area contributed by atoms with Crippen LogP contribution in [-0.4, -0.2) is 30.8 Å². The lowest BCUT2D eigenvalue weighted by molar-refractivity contribution is -0.384. The van der Waals surface area contributed by atoms with Crippen molar-refractivity contribution in [1.29, 1.82) is 0 Å². The molecule has 0 bridgehead atoms. The lowest BCUT2D eigenvalue weighted by atomic mass is 10.0. The van der Waals surface area contributed by atoms with Crippen molar-refractivity contribution in [2.24, 2.45) is 0 Å². The highest BCUT2D eigenvalue weighted by atomic mass is 16.6. The second-order valence-corrected chi connectivity index (χ2v) is 7.95. The normalized spacial score (nSPS) is 11.1. The van der Waals surface area contributed by atoms with E-state index in [0.29, 0.717) is 18.9 Å². The van der Waals surface area contributed by atoms with Crippen molar-refractivity contribution in [3.63, 3.8) is 0 Å². The van der Waals surface area contributed by atoms with Crippen LogP contribution >= 0.6 is 0 Å². The van der Waals surface area contributed by atoms with E-state index in [9.17, 15) is 10.1 Å². The summed E-state index contributed by atoms with van der Waals surface area (Å²) >= 11 is 0. The molecule has 0 radical (unpaired) electrons. The Morgan fingerprint density at radius 2 is 1.81 bits per heavy atom. The zero-order valence-electron chi connectivity index (χ0n) is 18.3. The number of nitrogens with zero attached hydrogens (tertiary/aromatic N) is 5. The summed E-state index contributed by atoms with van der Waals surface area (Å²) in [6.07, 6.45) is 3.35. The standard InChI is InChI=1S/C23H25N7O2/c1-14-9-15(2)11-17(10-14)19-12-21-26-16(3)13-29(21)23(28-19)25-8-4-5-18-6-7-20(30(31)32)22(24)27-18/h6-7,9-13H,4-5,8H2,1-3H3,(H2,24,27)(H,25,28). The summed E-state index contributed by atoms with van der Waals surface area (Å²) in [6.45, 7) is 6.76. The monoisotopic (exact) mass is 431 g/mol. The molecule has 4 rings (SSSR count). The third-order valence-corrected chi connectivity index (χ3v) is 5.14. The Balaban J connectivity index is 1.52. The van der Waals surface area contributed by atoms with Crippen LogP contribution in [0.3, 0.4) is 0 Å². The number of nitrogens with two attached hydrogens (primary N) is 1. The van der Waals surface area contributed by atoms with Crippen LogP contribution in [0.25, 0.3) is 16.9 Å². The highest BCUT2D eigenvalue weighted by Crippen LogP contribution is 2.24. The molecule has 9 nitrogen and oxygen atoms in total. The Labute approximate surface area is 185 Å². The average molecular weight is 432 g/mol. The van der Waals surface area contributed by atoms with Gasteiger partial charge in [-0.2, -0.15) is 0 Å². The van der Waals surface area contributed by atoms with Crippen LogP contribution in [0.5, 0.6) is 0 Å². The molecule has 0 amide bonds. The fourth-order valence-electron chi connectivity index (χ4n) is 3.78. The zero-order valence-corrected chi connectivity index (χ0v) is 18.3. The van der Waals surface area contributed by atoms with E-state index in [1.54, 1.807) is 6.07 Å². The number of pyridine rings is 1. The zero-order chi connectivity index (χ0) is 22.8. The summed E-state index contributed by atoms with van der Waals surface area (Å²) in [4.78, 5) is 24.0. The summed E-state index contributed by atoms with van der Waals surface area (Å²) < 4.78 is 1.95. The number of aryl methyl sites for hydroxylation is 4. The number of rotatable bonds is 7. The Bertz CT molecular complexity index is 1290. The van der Waals surface area contributed by atoms with Gasteiger partial charge in [0.1, 0.15) is 5.65 Å². The number of nitrogens with one attached hydrogen (secondary N) is 1. The molecule has 3 heterocycles. The van der Waals surface area contributed by atoms with E-state index in [2.05, 4.69) is 47.3 Å². The number of anilines is 2. The van der Waals surface area contributed by atoms with Gasteiger partial charge in [0, 0.05) is 36.1 Å². The van der Waals surface area contributed by atoms with E-state index in [1.165, 1.54) is 17.2 Å². The van der Waals surface area contributed by atoms with Crippen molar-refractivity contribution in [3.05, 3.63) is 75.2 Å². The second kappa shape index (κ2) is 8.62. The molecule has 0 aliphatic carbocycles. The van der Waals surface area contributed by atoms with Crippen LogP contribution in [0.4, 0.5) is 17.5 Å². The number of hydrogen-bond donors (Lipinski definition) is 2. The van der Waals surface area contributed by atoms with Crippen LogP contribution in [0.15, 0.2) is 42.6 Å². The first-order chi connectivity index (χ1) is 15.3. The van der Waals surface area contributed by atoms with Gasteiger partial charge in [0.25, 0.3) is 0 Å². The minimum atomic E-state index is -0.527. The molecule has 3 N–H and O–H groups in total. The maximum atomic E-state index is 10.9. The molecule has 0 atom stereocenters. The molecular formula is C23H25N7O2. The lowest BCUT2D eigenvalue weighted by Crippen LogP contribution is -2.10. The number of aromatic nitrogens is 4. The van der Waals surface area contributed by atoms with Gasteiger partial charge in [0.2, 0.25) is 11.8 Å². The summed E-state index contributed by atoms with van der Waals surface area (Å²) in [5, 5.41) is 14.3. The van der Waals surface area contributed by atoms with Gasteiger partial charge in [-0.25, -0.2) is 15.0 Å². The number of fused-ring (bicyclic) bond motifs is 1. The topological polar surface area (TPSA) is 124 Å². The van der Waals surface area contributed by atoms with E-state index in [-0.39, 0.29) is 11.5 Å². The highest BCUT2D eigenvalue weighted by Gasteiger charge is 2.13. The van der Waals surface area contributed by atoms with Crippen LogP contribution in [0.1, 0.15) is 28.9 Å². The van der Waals surface area contributed by atoms with Crippen LogP contribution in [0.2, 0.25) is 0 Å². The molecule has 164 valence electrons. The van der Waals surface area contributed by atoms with E-state index in [4.69, 9.17) is 10.7 Å². The second-order valence-electron chi connectivity index (χ2n) is 7.95. The van der Waals surface area contributed by atoms with Crippen molar-refractivity contribution >= 4 is 23.1 Å². The predicted octanol–water partition coefficient (Wildman–Crippen LogP) is 4.25. The third kappa shape index (κ3) is 4.51. The largest absolute Gasteiger partial charge is 0.378 e. The molecule has 0 unspecified atom stereocenters. The van der Waals surface area contributed by atoms with Gasteiger partial charge in [-0.3, -0.25) is 14.5 Å². The molecule has 32 heavy (non-hydrogen) atoms. The summed E-state index contributed by atoms with van der Waals surface area (Å²) in [5.74, 6) is 0.660. The Kier molecular flexibility index (Phi) is 5.72. The Morgan fingerprint density at radius 1 is 1.06 bits per heavy atom. The van der Waals surface area contributed by atoms with Crippen LogP contribution in [-0.2, 0) is 6.42 Å². The predicted molar refractivity (Wildman–Crippen MR) is 125 cm³/mol. The van der Waals surface area contributed by atoms with Gasteiger partial charge in [-0.1, -0.05) is 17.2 Å². The maximum Gasteiger partial charge on any atom is 0.311 e. The number of nitro groups is 1. The molecule has 0 fully saturated rings. The molecule has 0 aliphatic heterocycles. The first-order valence-electron chi connectivity index (χ1n) is 10.4. The number of imidazole rings is 1. The van der Waals surface area contributed by atoms with Crippen molar-refractivity contribution in [2.75, 3.05) is 17.6 Å². The molecule has 0 spiro atoms. The molecule has 0 aliphatic rings. The van der Waals surface area contributed by atoms with Crippen molar-refractivity contribution < 1.29 is 4.92 Å². The SMILES string of the molecule is Cc1cc(C)cc(-c2cc3nc(C)cn3c(NCCCc3ccc([N+](=O)[O-])c(N)n3)n2)c1. The minimum absolute atomic E-state index is 0.0566. The molecule has 0 saturated carbocycles. The van der Waals surface area contributed by atoms with E-state index < -0.39 is 4.92 Å². The lowest BCUT2D eigenvalue weighted by Gasteiger charge is -2.11. The fourth-order valence-corrected chi connectivity index (χ4v) is 3.78. The highest BCUT2D eigenvalue weighted by molar-refractivity contribution is 5.67. The van der Waals surface area contributed by atoms with Gasteiger partial charge in [0.05, 0.1) is 16.3 Å². The smallest absolute Gasteiger partial charge is 0.311 e. The average Bonchev–Trinajstić information content (AvgIpc) is 3.10. The quantitative estimate of drug-likeness (QED) is 0.255. The molecular weight excluding hydrogens is 406 g/mol. The number of nitrogen functional groups attached to an aromatic ring is 1. The molecule has 1 aromatic carbocycles. The summed E-state index contributed by atoms with van der Waals surface area (Å²) in [7, 11) is 0. The van der Waals surface area contributed by atoms with Gasteiger partial charge >= 0.3 is 5.69 Å². The maximum absolute atomic E-state index is 10.9. The van der Waals surface area contributed by atoms with E-state index >= 15 is 0 Å². The molecule has 3 aromatic heterocycles. The van der Waals surface area contributed by atoms with E-state index in [1.807, 2.05) is 23.6 Å². The van der Waals surface area contributed by atoms with Gasteiger partial charge in [-0.05, 0) is 51.8 Å². The van der Waals surface area contributed by atoms with Gasteiger partial charge in [0.15, 0.2) is 0 Å². The van der Waals surface area contributed by atoms with Gasteiger partial charge < -0.3 is 11.1 Å². The van der Waals surface area contributed by atoms with Crippen LogP contribution in [0, 0.1) is 30.9 Å². The minimum Gasteiger partial charge on any atom is -0.378 e. The first kappa shape index (κ1) is 21.2. The fraction of sp³-hybridized carbons (Fsp3) is 0.261. The third-order valence-electron chi connectivity index (χ3n) is 5.14. The Hall–Kier alpha value is -4.01. The van der Waals surface area contributed by atoms with Crippen molar-refractivity contribution in [2.45, 2.75) is 33.6 Å². The van der Waals surface area contributed by atoms with Crippen molar-refractivity contribution in [3.8, 4) is 11.3 Å². The summed E-state index contributed by atoms with van der Waals surface area (Å²) in [6, 6.07) is 11.4. The first-order valence-corrected chi connectivity index (χ1v) is 10.4. The molecule has 4 aromatic rings. The van der Waals surface area contributed by atoms with Gasteiger partial charge in [-0.15, -0.1) is 0 Å². The number of hydrogen-bond acceptors (Lipinski definition) is 7. The van der Waals surface area contributed by atoms with E-state index in [0.717, 1.165) is 34.7 Å².